The first-order valence-corrected chi connectivity index (χ1v) is 6.80. The smallest absolute Gasteiger partial charge is 0.231 e. The molecule has 1 aromatic heterocycles. The van der Waals surface area contributed by atoms with E-state index in [0.717, 1.165) is 0 Å². The molecule has 5 heteroatoms. The van der Waals surface area contributed by atoms with Crippen molar-refractivity contribution < 1.29 is 8.91 Å². The van der Waals surface area contributed by atoms with Gasteiger partial charge in [0.05, 0.1) is 5.92 Å². The molecule has 0 aliphatic rings. The third kappa shape index (κ3) is 3.22. The Morgan fingerprint density at radius 3 is 2.55 bits per heavy atom. The van der Waals surface area contributed by atoms with Crippen LogP contribution >= 0.6 is 0 Å². The topological polar surface area (TPSA) is 64.9 Å². The van der Waals surface area contributed by atoms with E-state index in [1.165, 1.54) is 6.07 Å². The Morgan fingerprint density at radius 1 is 1.25 bits per heavy atom. The van der Waals surface area contributed by atoms with E-state index in [2.05, 4.69) is 24.0 Å². The number of nitrogens with two attached hydrogens (primary N) is 1. The number of rotatable bonds is 5. The van der Waals surface area contributed by atoms with Gasteiger partial charge in [0.25, 0.3) is 0 Å². The van der Waals surface area contributed by atoms with Crippen LogP contribution in [0.25, 0.3) is 0 Å². The third-order valence-electron chi connectivity index (χ3n) is 3.36. The summed E-state index contributed by atoms with van der Waals surface area (Å²) in [5, 5.41) is 3.93. The quantitative estimate of drug-likeness (QED) is 0.912. The molecule has 4 nitrogen and oxygen atoms in total. The van der Waals surface area contributed by atoms with E-state index in [9.17, 15) is 4.39 Å². The van der Waals surface area contributed by atoms with Crippen molar-refractivity contribution in [1.82, 2.24) is 10.1 Å². The van der Waals surface area contributed by atoms with Crippen LogP contribution in [0.1, 0.15) is 44.0 Å². The van der Waals surface area contributed by atoms with E-state index in [1.54, 1.807) is 18.2 Å². The fraction of sp³-hybridized carbons (Fsp3) is 0.467. The van der Waals surface area contributed by atoms with Gasteiger partial charge in [0.2, 0.25) is 5.89 Å². The van der Waals surface area contributed by atoms with Gasteiger partial charge in [0.1, 0.15) is 5.82 Å². The average molecular weight is 277 g/mol. The van der Waals surface area contributed by atoms with E-state index in [-0.39, 0.29) is 17.8 Å². The van der Waals surface area contributed by atoms with Gasteiger partial charge in [0, 0.05) is 12.5 Å². The molecule has 108 valence electrons. The Bertz CT molecular complexity index is 558. The molecule has 20 heavy (non-hydrogen) atoms. The standard InChI is InChI=1S/C15H20FN3O/c1-9(2)14(10(3)17)15-18-13(19-20-15)8-11-6-4-5-7-12(11)16/h4-7,9-10,14H,8,17H2,1-3H3. The zero-order valence-electron chi connectivity index (χ0n) is 12.0. The molecule has 0 radical (unpaired) electrons. The maximum absolute atomic E-state index is 13.6. The third-order valence-corrected chi connectivity index (χ3v) is 3.36. The molecule has 2 aromatic rings. The molecule has 0 saturated carbocycles. The second-order valence-electron chi connectivity index (χ2n) is 5.45. The Labute approximate surface area is 118 Å². The first-order valence-electron chi connectivity index (χ1n) is 6.80. The summed E-state index contributed by atoms with van der Waals surface area (Å²) < 4.78 is 18.9. The minimum atomic E-state index is -0.258. The lowest BCUT2D eigenvalue weighted by Crippen LogP contribution is -2.28. The number of hydrogen-bond donors (Lipinski definition) is 1. The number of nitrogens with zero attached hydrogens (tertiary/aromatic N) is 2. The van der Waals surface area contributed by atoms with Gasteiger partial charge in [-0.2, -0.15) is 4.98 Å². The molecule has 0 spiro atoms. The Morgan fingerprint density at radius 2 is 1.95 bits per heavy atom. The maximum Gasteiger partial charge on any atom is 0.231 e. The Hall–Kier alpha value is -1.75. The van der Waals surface area contributed by atoms with E-state index in [4.69, 9.17) is 10.3 Å². The van der Waals surface area contributed by atoms with Crippen molar-refractivity contribution in [3.63, 3.8) is 0 Å². The second kappa shape index (κ2) is 6.13. The van der Waals surface area contributed by atoms with Crippen LogP contribution in [0.15, 0.2) is 28.8 Å². The van der Waals surface area contributed by atoms with Crippen molar-refractivity contribution in [3.05, 3.63) is 47.4 Å². The molecule has 0 bridgehead atoms. The molecule has 0 saturated heterocycles. The van der Waals surface area contributed by atoms with Crippen molar-refractivity contribution in [2.24, 2.45) is 11.7 Å². The highest BCUT2D eigenvalue weighted by molar-refractivity contribution is 5.20. The summed E-state index contributed by atoms with van der Waals surface area (Å²) in [6, 6.07) is 6.52. The van der Waals surface area contributed by atoms with Crippen molar-refractivity contribution in [2.45, 2.75) is 39.2 Å². The zero-order chi connectivity index (χ0) is 14.7. The van der Waals surface area contributed by atoms with Crippen molar-refractivity contribution in [1.29, 1.82) is 0 Å². The molecule has 0 aliphatic carbocycles. The molecular weight excluding hydrogens is 257 g/mol. The predicted molar refractivity (Wildman–Crippen MR) is 74.7 cm³/mol. The van der Waals surface area contributed by atoms with Gasteiger partial charge < -0.3 is 10.3 Å². The van der Waals surface area contributed by atoms with E-state index in [1.807, 2.05) is 6.92 Å². The highest BCUT2D eigenvalue weighted by atomic mass is 19.1. The normalized spacial score (nSPS) is 14.5. The first-order chi connectivity index (χ1) is 9.49. The van der Waals surface area contributed by atoms with Crippen LogP contribution in [-0.4, -0.2) is 16.2 Å². The highest BCUT2D eigenvalue weighted by Gasteiger charge is 2.26. The summed E-state index contributed by atoms with van der Waals surface area (Å²) in [6.07, 6.45) is 0.319. The van der Waals surface area contributed by atoms with Crippen molar-refractivity contribution in [3.8, 4) is 0 Å². The summed E-state index contributed by atoms with van der Waals surface area (Å²) in [5.74, 6) is 1.07. The summed E-state index contributed by atoms with van der Waals surface area (Å²) in [6.45, 7) is 6.05. The molecule has 0 fully saturated rings. The largest absolute Gasteiger partial charge is 0.339 e. The highest BCUT2D eigenvalue weighted by Crippen LogP contribution is 2.26. The minimum absolute atomic E-state index is 0.0110. The molecule has 0 aliphatic heterocycles. The summed E-state index contributed by atoms with van der Waals surface area (Å²) in [4.78, 5) is 4.37. The Kier molecular flexibility index (Phi) is 4.49. The number of aromatic nitrogens is 2. The van der Waals surface area contributed by atoms with Crippen molar-refractivity contribution in [2.75, 3.05) is 0 Å². The van der Waals surface area contributed by atoms with Crippen LogP contribution in [0.3, 0.4) is 0 Å². The van der Waals surface area contributed by atoms with Crippen LogP contribution in [0.4, 0.5) is 4.39 Å². The molecule has 0 amide bonds. The molecular formula is C15H20FN3O. The second-order valence-corrected chi connectivity index (χ2v) is 5.45. The van der Waals surface area contributed by atoms with E-state index < -0.39 is 0 Å². The lowest BCUT2D eigenvalue weighted by molar-refractivity contribution is 0.298. The number of benzene rings is 1. The number of halogens is 1. The first kappa shape index (κ1) is 14.7. The molecule has 2 rings (SSSR count). The molecule has 2 atom stereocenters. The predicted octanol–water partition coefficient (Wildman–Crippen LogP) is 2.89. The van der Waals surface area contributed by atoms with Gasteiger partial charge in [-0.25, -0.2) is 4.39 Å². The minimum Gasteiger partial charge on any atom is -0.339 e. The van der Waals surface area contributed by atoms with Crippen LogP contribution < -0.4 is 5.73 Å². The van der Waals surface area contributed by atoms with Gasteiger partial charge in [-0.1, -0.05) is 37.2 Å². The van der Waals surface area contributed by atoms with Crippen molar-refractivity contribution >= 4 is 0 Å². The summed E-state index contributed by atoms with van der Waals surface area (Å²) in [7, 11) is 0. The van der Waals surface area contributed by atoms with Gasteiger partial charge in [-0.15, -0.1) is 0 Å². The number of hydrogen-bond acceptors (Lipinski definition) is 4. The lowest BCUT2D eigenvalue weighted by Gasteiger charge is -2.20. The SMILES string of the molecule is CC(C)C(c1nc(Cc2ccccc2F)no1)C(C)N. The monoisotopic (exact) mass is 277 g/mol. The van der Waals surface area contributed by atoms with Gasteiger partial charge in [0.15, 0.2) is 5.82 Å². The van der Waals surface area contributed by atoms with Gasteiger partial charge in [-0.05, 0) is 24.5 Å². The molecule has 2 N–H and O–H groups in total. The van der Waals surface area contributed by atoms with Gasteiger partial charge >= 0.3 is 0 Å². The van der Waals surface area contributed by atoms with E-state index >= 15 is 0 Å². The maximum atomic E-state index is 13.6. The molecule has 1 aromatic carbocycles. The van der Waals surface area contributed by atoms with Crippen LogP contribution in [0.5, 0.6) is 0 Å². The van der Waals surface area contributed by atoms with Crippen LogP contribution in [0, 0.1) is 11.7 Å². The average Bonchev–Trinajstić information content (AvgIpc) is 2.79. The van der Waals surface area contributed by atoms with Gasteiger partial charge in [-0.3, -0.25) is 0 Å². The lowest BCUT2D eigenvalue weighted by atomic mass is 9.90. The van der Waals surface area contributed by atoms with Crippen LogP contribution in [0.2, 0.25) is 0 Å². The summed E-state index contributed by atoms with van der Waals surface area (Å²) >= 11 is 0. The summed E-state index contributed by atoms with van der Waals surface area (Å²) in [5.41, 5.74) is 6.52. The fourth-order valence-electron chi connectivity index (χ4n) is 2.40. The molecule has 1 heterocycles. The Balaban J connectivity index is 2.19. The van der Waals surface area contributed by atoms with E-state index in [0.29, 0.717) is 29.6 Å². The van der Waals surface area contributed by atoms with Crippen LogP contribution in [-0.2, 0) is 6.42 Å². The zero-order valence-corrected chi connectivity index (χ0v) is 12.0. The molecule has 2 unspecified atom stereocenters. The fourth-order valence-corrected chi connectivity index (χ4v) is 2.40.